The van der Waals surface area contributed by atoms with Crippen molar-refractivity contribution in [2.75, 3.05) is 19.7 Å². The fraction of sp³-hybridized carbons (Fsp3) is 0.867. The van der Waals surface area contributed by atoms with E-state index in [1.165, 1.54) is 19.8 Å². The molecule has 0 saturated heterocycles. The molecule has 1 rings (SSSR count). The second kappa shape index (κ2) is 8.37. The zero-order valence-corrected chi connectivity index (χ0v) is 12.9. The van der Waals surface area contributed by atoms with E-state index >= 15 is 0 Å². The average Bonchev–Trinajstić information content (AvgIpc) is 2.88. The highest BCUT2D eigenvalue weighted by molar-refractivity contribution is 5.88. The van der Waals surface area contributed by atoms with Gasteiger partial charge in [-0.2, -0.15) is 0 Å². The van der Waals surface area contributed by atoms with Crippen LogP contribution in [0.1, 0.15) is 46.5 Å². The number of hydrogen-bond donors (Lipinski definition) is 2. The van der Waals surface area contributed by atoms with E-state index in [1.807, 2.05) is 18.7 Å². The van der Waals surface area contributed by atoms with Crippen molar-refractivity contribution in [1.82, 2.24) is 10.2 Å². The Morgan fingerprint density at radius 1 is 1.30 bits per heavy atom. The summed E-state index contributed by atoms with van der Waals surface area (Å²) in [6.07, 6.45) is 4.56. The van der Waals surface area contributed by atoms with Gasteiger partial charge in [0.1, 0.15) is 0 Å². The lowest BCUT2D eigenvalue weighted by Gasteiger charge is -2.28. The molecular weight excluding hydrogens is 256 g/mol. The van der Waals surface area contributed by atoms with Gasteiger partial charge in [0.25, 0.3) is 0 Å². The molecule has 2 N–H and O–H groups in total. The summed E-state index contributed by atoms with van der Waals surface area (Å²) in [5.41, 5.74) is 0. The minimum Gasteiger partial charge on any atom is -0.395 e. The zero-order chi connectivity index (χ0) is 15.1. The Morgan fingerprint density at radius 3 is 2.35 bits per heavy atom. The highest BCUT2D eigenvalue weighted by atomic mass is 16.3. The highest BCUT2D eigenvalue weighted by Crippen LogP contribution is 2.23. The maximum atomic E-state index is 12.1. The smallest absolute Gasteiger partial charge is 0.234 e. The van der Waals surface area contributed by atoms with Gasteiger partial charge in [-0.25, -0.2) is 0 Å². The van der Waals surface area contributed by atoms with Crippen molar-refractivity contribution in [3.8, 4) is 0 Å². The Kier molecular flexibility index (Phi) is 7.16. The first-order valence-electron chi connectivity index (χ1n) is 7.60. The summed E-state index contributed by atoms with van der Waals surface area (Å²) in [5, 5.41) is 12.0. The topological polar surface area (TPSA) is 69.6 Å². The van der Waals surface area contributed by atoms with Crippen LogP contribution in [0, 0.1) is 5.92 Å². The van der Waals surface area contributed by atoms with E-state index in [1.54, 1.807) is 0 Å². The van der Waals surface area contributed by atoms with Crippen LogP contribution in [-0.4, -0.2) is 53.5 Å². The van der Waals surface area contributed by atoms with Crippen LogP contribution in [0.2, 0.25) is 0 Å². The van der Waals surface area contributed by atoms with E-state index in [4.69, 9.17) is 5.11 Å². The van der Waals surface area contributed by atoms with Gasteiger partial charge in [0, 0.05) is 12.6 Å². The maximum Gasteiger partial charge on any atom is 0.234 e. The van der Waals surface area contributed by atoms with E-state index in [0.717, 1.165) is 12.8 Å². The molecule has 5 heteroatoms. The number of carbonyl (C=O) groups is 2. The van der Waals surface area contributed by atoms with Crippen LogP contribution in [0.4, 0.5) is 0 Å². The number of hydrogen-bond acceptors (Lipinski definition) is 4. The first-order chi connectivity index (χ1) is 9.45. The monoisotopic (exact) mass is 284 g/mol. The summed E-state index contributed by atoms with van der Waals surface area (Å²) >= 11 is 0. The Hall–Kier alpha value is -0.940. The predicted octanol–water partition coefficient (Wildman–Crippen LogP) is 0.953. The number of rotatable bonds is 8. The Morgan fingerprint density at radius 2 is 1.90 bits per heavy atom. The van der Waals surface area contributed by atoms with Gasteiger partial charge in [0.15, 0.2) is 5.78 Å². The summed E-state index contributed by atoms with van der Waals surface area (Å²) in [4.78, 5) is 25.7. The largest absolute Gasteiger partial charge is 0.395 e. The van der Waals surface area contributed by atoms with E-state index in [9.17, 15) is 9.59 Å². The number of amides is 1. The quantitative estimate of drug-likeness (QED) is 0.696. The third kappa shape index (κ3) is 5.21. The number of aliphatic hydroxyl groups is 1. The molecule has 1 aliphatic carbocycles. The summed E-state index contributed by atoms with van der Waals surface area (Å²) in [7, 11) is 0. The average molecular weight is 284 g/mol. The van der Waals surface area contributed by atoms with E-state index < -0.39 is 6.04 Å². The number of Topliss-reactive ketones (excluding diaryl/α,β-unsaturated/α-hetero) is 1. The molecule has 1 aliphatic rings. The molecule has 0 bridgehead atoms. The Labute approximate surface area is 121 Å². The zero-order valence-electron chi connectivity index (χ0n) is 12.9. The lowest BCUT2D eigenvalue weighted by atomic mass is 10.0. The fourth-order valence-electron chi connectivity index (χ4n) is 2.93. The molecular formula is C15H28N2O3. The van der Waals surface area contributed by atoms with Crippen LogP contribution in [0.5, 0.6) is 0 Å². The van der Waals surface area contributed by atoms with E-state index in [0.29, 0.717) is 12.6 Å². The summed E-state index contributed by atoms with van der Waals surface area (Å²) in [6, 6.07) is -0.0233. The van der Waals surface area contributed by atoms with Crippen molar-refractivity contribution in [2.45, 2.75) is 58.5 Å². The van der Waals surface area contributed by atoms with Gasteiger partial charge in [0.05, 0.1) is 19.2 Å². The van der Waals surface area contributed by atoms with Crippen molar-refractivity contribution in [1.29, 1.82) is 0 Å². The first-order valence-corrected chi connectivity index (χ1v) is 7.60. The molecule has 1 unspecified atom stereocenters. The highest BCUT2D eigenvalue weighted by Gasteiger charge is 2.26. The Balaban J connectivity index is 2.54. The third-order valence-electron chi connectivity index (χ3n) is 4.00. The summed E-state index contributed by atoms with van der Waals surface area (Å²) in [5.74, 6) is -0.0450. The van der Waals surface area contributed by atoms with E-state index in [-0.39, 0.29) is 30.8 Å². The maximum absolute atomic E-state index is 12.1. The normalized spacial score (nSPS) is 17.7. The molecule has 116 valence electrons. The second-order valence-electron chi connectivity index (χ2n) is 6.03. The van der Waals surface area contributed by atoms with Crippen molar-refractivity contribution < 1.29 is 14.7 Å². The molecule has 1 saturated carbocycles. The molecule has 1 atom stereocenters. The molecule has 0 aliphatic heterocycles. The second-order valence-corrected chi connectivity index (χ2v) is 6.03. The minimum atomic E-state index is -0.415. The predicted molar refractivity (Wildman–Crippen MR) is 78.4 cm³/mol. The van der Waals surface area contributed by atoms with Crippen LogP contribution in [0.3, 0.4) is 0 Å². The molecule has 1 amide bonds. The van der Waals surface area contributed by atoms with Crippen LogP contribution in [0.15, 0.2) is 0 Å². The number of nitrogens with zero attached hydrogens (tertiary/aromatic N) is 1. The van der Waals surface area contributed by atoms with Gasteiger partial charge in [-0.15, -0.1) is 0 Å². The van der Waals surface area contributed by atoms with Crippen LogP contribution < -0.4 is 5.32 Å². The molecule has 1 fully saturated rings. The lowest BCUT2D eigenvalue weighted by molar-refractivity contribution is -0.128. The van der Waals surface area contributed by atoms with Crippen LogP contribution >= 0.6 is 0 Å². The number of nitrogens with one attached hydrogen (secondary N) is 1. The van der Waals surface area contributed by atoms with Crippen molar-refractivity contribution in [3.05, 3.63) is 0 Å². The lowest BCUT2D eigenvalue weighted by Crippen LogP contribution is -2.49. The van der Waals surface area contributed by atoms with Gasteiger partial charge >= 0.3 is 0 Å². The number of ketones is 1. The van der Waals surface area contributed by atoms with Crippen LogP contribution in [0.25, 0.3) is 0 Å². The fourth-order valence-corrected chi connectivity index (χ4v) is 2.93. The molecule has 20 heavy (non-hydrogen) atoms. The first kappa shape index (κ1) is 17.1. The van der Waals surface area contributed by atoms with Crippen molar-refractivity contribution in [2.24, 2.45) is 5.92 Å². The SMILES string of the molecule is CC(=O)C(NC(=O)CN(CCO)C1CCCC1)C(C)C. The molecule has 0 heterocycles. The summed E-state index contributed by atoms with van der Waals surface area (Å²) in [6.45, 7) is 6.20. The Bertz CT molecular complexity index is 325. The van der Waals surface area contributed by atoms with Crippen molar-refractivity contribution >= 4 is 11.7 Å². The molecule has 0 aromatic rings. The molecule has 0 aromatic carbocycles. The van der Waals surface area contributed by atoms with Gasteiger partial charge in [-0.3, -0.25) is 14.5 Å². The van der Waals surface area contributed by atoms with Gasteiger partial charge in [0.2, 0.25) is 5.91 Å². The van der Waals surface area contributed by atoms with Gasteiger partial charge < -0.3 is 10.4 Å². The van der Waals surface area contributed by atoms with E-state index in [2.05, 4.69) is 5.32 Å². The standard InChI is InChI=1S/C15H28N2O3/c1-11(2)15(12(3)19)16-14(20)10-17(8-9-18)13-6-4-5-7-13/h11,13,15,18H,4-10H2,1-3H3,(H,16,20). The summed E-state index contributed by atoms with van der Waals surface area (Å²) < 4.78 is 0. The minimum absolute atomic E-state index is 0.0112. The third-order valence-corrected chi connectivity index (χ3v) is 4.00. The molecule has 0 radical (unpaired) electrons. The number of aliphatic hydroxyl groups excluding tert-OH is 1. The molecule has 0 aromatic heterocycles. The van der Waals surface area contributed by atoms with Crippen LogP contribution in [-0.2, 0) is 9.59 Å². The van der Waals surface area contributed by atoms with Gasteiger partial charge in [-0.1, -0.05) is 26.7 Å². The van der Waals surface area contributed by atoms with Gasteiger partial charge in [-0.05, 0) is 25.7 Å². The van der Waals surface area contributed by atoms with Crippen molar-refractivity contribution in [3.63, 3.8) is 0 Å². The number of carbonyl (C=O) groups excluding carboxylic acids is 2. The molecule has 5 nitrogen and oxygen atoms in total. The molecule has 0 spiro atoms.